The molecule has 0 amide bonds. The first-order chi connectivity index (χ1) is 7.79. The average Bonchev–Trinajstić information content (AvgIpc) is 2.14. The number of likely N-dealkylation sites (N-methyl/N-ethyl adjacent to an activating group) is 1. The first kappa shape index (κ1) is 13.8. The predicted molar refractivity (Wildman–Crippen MR) is 64.5 cm³/mol. The Bertz CT molecular complexity index is 399. The quantitative estimate of drug-likeness (QED) is 0.795. The van der Waals surface area contributed by atoms with Gasteiger partial charge in [0.1, 0.15) is 5.82 Å². The second-order valence-corrected chi connectivity index (χ2v) is 4.89. The monoisotopic (exact) mass is 239 g/mol. The minimum atomic E-state index is -0.871. The Morgan fingerprint density at radius 2 is 2.00 bits per heavy atom. The van der Waals surface area contributed by atoms with Gasteiger partial charge in [0, 0.05) is 6.54 Å². The third kappa shape index (κ3) is 4.63. The number of hydrogen-bond donors (Lipinski definition) is 1. The van der Waals surface area contributed by atoms with E-state index in [9.17, 15) is 14.3 Å². The van der Waals surface area contributed by atoms with E-state index in [1.54, 1.807) is 37.9 Å². The van der Waals surface area contributed by atoms with Crippen molar-refractivity contribution in [2.24, 2.45) is 0 Å². The second-order valence-electron chi connectivity index (χ2n) is 4.89. The van der Waals surface area contributed by atoms with Gasteiger partial charge in [0.05, 0.1) is 17.7 Å². The number of aliphatic hydroxyl groups is 1. The molecule has 0 bridgehead atoms. The maximum Gasteiger partial charge on any atom is 0.179 e. The van der Waals surface area contributed by atoms with Gasteiger partial charge in [0.25, 0.3) is 0 Å². The molecule has 0 aliphatic rings. The molecule has 0 saturated heterocycles. The summed E-state index contributed by atoms with van der Waals surface area (Å²) in [5.41, 5.74) is -0.778. The Morgan fingerprint density at radius 1 is 1.41 bits per heavy atom. The number of carbonyl (C=O) groups excluding carboxylic acids is 1. The van der Waals surface area contributed by atoms with E-state index in [-0.39, 0.29) is 17.9 Å². The summed E-state index contributed by atoms with van der Waals surface area (Å²) in [5.74, 6) is -0.788. The van der Waals surface area contributed by atoms with Gasteiger partial charge in [-0.15, -0.1) is 0 Å². The van der Waals surface area contributed by atoms with Gasteiger partial charge < -0.3 is 5.11 Å². The molecule has 1 N–H and O–H groups in total. The van der Waals surface area contributed by atoms with Crippen molar-refractivity contribution in [3.05, 3.63) is 35.6 Å². The van der Waals surface area contributed by atoms with Crippen LogP contribution < -0.4 is 0 Å². The molecule has 94 valence electrons. The van der Waals surface area contributed by atoms with Gasteiger partial charge in [-0.2, -0.15) is 0 Å². The first-order valence-corrected chi connectivity index (χ1v) is 5.48. The van der Waals surface area contributed by atoms with Crippen molar-refractivity contribution in [3.63, 3.8) is 0 Å². The number of ketones is 1. The third-order valence-corrected chi connectivity index (χ3v) is 2.24. The smallest absolute Gasteiger partial charge is 0.179 e. The molecule has 0 aromatic heterocycles. The molecule has 0 radical (unpaired) electrons. The van der Waals surface area contributed by atoms with Crippen molar-refractivity contribution >= 4 is 5.78 Å². The maximum absolute atomic E-state index is 13.3. The molecule has 4 heteroatoms. The van der Waals surface area contributed by atoms with Crippen LogP contribution in [0.1, 0.15) is 24.2 Å². The Hall–Kier alpha value is -1.26. The zero-order valence-corrected chi connectivity index (χ0v) is 10.4. The number of rotatable bonds is 5. The highest BCUT2D eigenvalue weighted by atomic mass is 19.1. The number of hydrogen-bond acceptors (Lipinski definition) is 3. The van der Waals surface area contributed by atoms with E-state index in [4.69, 9.17) is 0 Å². The van der Waals surface area contributed by atoms with Gasteiger partial charge in [-0.05, 0) is 33.0 Å². The van der Waals surface area contributed by atoms with E-state index in [1.807, 2.05) is 0 Å². The molecule has 17 heavy (non-hydrogen) atoms. The Morgan fingerprint density at radius 3 is 2.53 bits per heavy atom. The minimum Gasteiger partial charge on any atom is -0.389 e. The maximum atomic E-state index is 13.3. The largest absolute Gasteiger partial charge is 0.389 e. The van der Waals surface area contributed by atoms with Gasteiger partial charge in [0.2, 0.25) is 0 Å². The van der Waals surface area contributed by atoms with Crippen LogP contribution in [0.4, 0.5) is 4.39 Å². The molecule has 0 fully saturated rings. The fraction of sp³-hybridized carbons (Fsp3) is 0.462. The standard InChI is InChI=1S/C13H18FNO2/c1-13(2,17)9-15(3)8-12(16)10-6-4-5-7-11(10)14/h4-7,17H,8-9H2,1-3H3. The van der Waals surface area contributed by atoms with Crippen molar-refractivity contribution in [2.75, 3.05) is 20.1 Å². The highest BCUT2D eigenvalue weighted by Crippen LogP contribution is 2.09. The van der Waals surface area contributed by atoms with Crippen molar-refractivity contribution in [2.45, 2.75) is 19.4 Å². The van der Waals surface area contributed by atoms with Crippen LogP contribution in [0.2, 0.25) is 0 Å². The zero-order valence-electron chi connectivity index (χ0n) is 10.4. The lowest BCUT2D eigenvalue weighted by Crippen LogP contribution is -2.38. The van der Waals surface area contributed by atoms with E-state index >= 15 is 0 Å². The van der Waals surface area contributed by atoms with Gasteiger partial charge in [-0.1, -0.05) is 12.1 Å². The summed E-state index contributed by atoms with van der Waals surface area (Å²) in [6, 6.07) is 5.91. The van der Waals surface area contributed by atoms with Crippen LogP contribution in [0.15, 0.2) is 24.3 Å². The summed E-state index contributed by atoms with van der Waals surface area (Å²) in [5, 5.41) is 9.60. The van der Waals surface area contributed by atoms with E-state index in [0.717, 1.165) is 0 Å². The van der Waals surface area contributed by atoms with Gasteiger partial charge in [-0.25, -0.2) is 4.39 Å². The van der Waals surface area contributed by atoms with Gasteiger partial charge >= 0.3 is 0 Å². The molecule has 0 atom stereocenters. The molecule has 0 aliphatic heterocycles. The van der Waals surface area contributed by atoms with Crippen molar-refractivity contribution in [1.29, 1.82) is 0 Å². The van der Waals surface area contributed by atoms with Crippen LogP contribution in [0.25, 0.3) is 0 Å². The molecule has 1 aromatic carbocycles. The van der Waals surface area contributed by atoms with Crippen LogP contribution in [0.5, 0.6) is 0 Å². The van der Waals surface area contributed by atoms with Gasteiger partial charge in [-0.3, -0.25) is 9.69 Å². The molecular formula is C13H18FNO2. The lowest BCUT2D eigenvalue weighted by Gasteiger charge is -2.24. The fourth-order valence-electron chi connectivity index (χ4n) is 1.73. The highest BCUT2D eigenvalue weighted by Gasteiger charge is 2.19. The zero-order chi connectivity index (χ0) is 13.1. The Kier molecular flexibility index (Phi) is 4.37. The van der Waals surface area contributed by atoms with Crippen LogP contribution in [-0.4, -0.2) is 41.5 Å². The van der Waals surface area contributed by atoms with E-state index in [0.29, 0.717) is 6.54 Å². The molecular weight excluding hydrogens is 221 g/mol. The van der Waals surface area contributed by atoms with Crippen molar-refractivity contribution < 1.29 is 14.3 Å². The molecule has 0 unspecified atom stereocenters. The number of carbonyl (C=O) groups is 1. The van der Waals surface area contributed by atoms with Crippen LogP contribution >= 0.6 is 0 Å². The van der Waals surface area contributed by atoms with Crippen LogP contribution in [-0.2, 0) is 0 Å². The molecule has 0 heterocycles. The van der Waals surface area contributed by atoms with Crippen molar-refractivity contribution in [1.82, 2.24) is 4.90 Å². The fourth-order valence-corrected chi connectivity index (χ4v) is 1.73. The predicted octanol–water partition coefficient (Wildman–Crippen LogP) is 1.71. The van der Waals surface area contributed by atoms with E-state index in [2.05, 4.69) is 0 Å². The van der Waals surface area contributed by atoms with E-state index < -0.39 is 11.4 Å². The van der Waals surface area contributed by atoms with Crippen LogP contribution in [0.3, 0.4) is 0 Å². The lowest BCUT2D eigenvalue weighted by atomic mass is 10.1. The number of halogens is 1. The second kappa shape index (κ2) is 5.38. The molecule has 0 aliphatic carbocycles. The Labute approximate surface area is 101 Å². The summed E-state index contributed by atoms with van der Waals surface area (Å²) >= 11 is 0. The minimum absolute atomic E-state index is 0.0882. The normalized spacial score (nSPS) is 11.9. The van der Waals surface area contributed by atoms with Crippen molar-refractivity contribution in [3.8, 4) is 0 Å². The molecule has 1 rings (SSSR count). The summed E-state index contributed by atoms with van der Waals surface area (Å²) in [4.78, 5) is 13.5. The van der Waals surface area contributed by atoms with Gasteiger partial charge in [0.15, 0.2) is 5.78 Å². The Balaban J connectivity index is 2.64. The number of nitrogens with zero attached hydrogens (tertiary/aromatic N) is 1. The molecule has 0 saturated carbocycles. The first-order valence-electron chi connectivity index (χ1n) is 5.48. The summed E-state index contributed by atoms with van der Waals surface area (Å²) in [7, 11) is 1.72. The summed E-state index contributed by atoms with van der Waals surface area (Å²) in [6.45, 7) is 3.77. The molecule has 0 spiro atoms. The summed E-state index contributed by atoms with van der Waals surface area (Å²) < 4.78 is 13.3. The van der Waals surface area contributed by atoms with Crippen LogP contribution in [0, 0.1) is 5.82 Å². The molecule has 3 nitrogen and oxygen atoms in total. The van der Waals surface area contributed by atoms with E-state index in [1.165, 1.54) is 12.1 Å². The lowest BCUT2D eigenvalue weighted by molar-refractivity contribution is 0.0439. The average molecular weight is 239 g/mol. The third-order valence-electron chi connectivity index (χ3n) is 2.24. The summed E-state index contributed by atoms with van der Waals surface area (Å²) in [6.07, 6.45) is 0. The number of benzene rings is 1. The SMILES string of the molecule is CN(CC(=O)c1ccccc1F)CC(C)(C)O. The topological polar surface area (TPSA) is 40.5 Å². The number of Topliss-reactive ketones (excluding diaryl/α,β-unsaturated/α-hetero) is 1. The molecule has 1 aromatic rings. The highest BCUT2D eigenvalue weighted by molar-refractivity contribution is 5.97.